The van der Waals surface area contributed by atoms with Gasteiger partial charge in [0.15, 0.2) is 0 Å². The molecule has 0 aliphatic carbocycles. The Bertz CT molecular complexity index is 2410. The number of hydrogen-bond donors (Lipinski definition) is 6. The number of ketones is 9. The molecule has 0 saturated carbocycles. The second-order valence-electron chi connectivity index (χ2n) is 28.6. The summed E-state index contributed by atoms with van der Waals surface area (Å²) in [5.41, 5.74) is 5.28. The maximum atomic E-state index is 14.0. The Kier molecular flexibility index (Phi) is 59.8. The van der Waals surface area contributed by atoms with E-state index in [0.717, 1.165) is 103 Å². The maximum Gasteiger partial charge on any atom is 0.223 e. The van der Waals surface area contributed by atoms with Crippen LogP contribution in [0.3, 0.4) is 0 Å². The van der Waals surface area contributed by atoms with E-state index in [1.807, 2.05) is 0 Å². The number of carbonyl (C=O) groups excluding carboxylic acids is 15. The number of hydrogen-bond acceptors (Lipinski definition) is 15. The molecule has 0 spiro atoms. The molecule has 21 heteroatoms. The number of nitrogens with one attached hydrogen (secondary N) is 5. The minimum Gasteiger partial charge on any atom is -0.370 e. The van der Waals surface area contributed by atoms with Crippen molar-refractivity contribution in [2.75, 3.05) is 32.7 Å². The van der Waals surface area contributed by atoms with Crippen molar-refractivity contribution in [3.8, 4) is 0 Å². The van der Waals surface area contributed by atoms with Crippen LogP contribution in [0, 0.1) is 23.7 Å². The summed E-state index contributed by atoms with van der Waals surface area (Å²) < 4.78 is 0. The first-order chi connectivity index (χ1) is 47.9. The summed E-state index contributed by atoms with van der Waals surface area (Å²) in [7, 11) is 0. The third-order valence-electron chi connectivity index (χ3n) is 18.6. The van der Waals surface area contributed by atoms with Crippen molar-refractivity contribution in [3.05, 3.63) is 0 Å². The highest BCUT2D eigenvalue weighted by Crippen LogP contribution is 2.24. The van der Waals surface area contributed by atoms with E-state index in [9.17, 15) is 71.9 Å². The van der Waals surface area contributed by atoms with Gasteiger partial charge in [-0.05, 0) is 156 Å². The molecule has 4 unspecified atom stereocenters. The molecule has 0 radical (unpaired) electrons. The largest absolute Gasteiger partial charge is 0.370 e. The number of carbonyl (C=O) groups is 15. The van der Waals surface area contributed by atoms with Crippen LogP contribution >= 0.6 is 0 Å². The van der Waals surface area contributed by atoms with Gasteiger partial charge in [0.05, 0.1) is 0 Å². The van der Waals surface area contributed by atoms with Crippen LogP contribution in [-0.2, 0) is 71.9 Å². The molecule has 0 aromatic rings. The standard InChI is InChI=1S/C79H136N6O15/c1-61(86)37-17-6-10-21-45-70(91)57-66(74(95)49-25-14-15-26-50-75(80)96)41-28-34-54-83-78(99)68(59-72(93)47-23-12-8-19-39-63(3)88)43-30-36-56-85-79(100)69(60-73(94)48-24-13-9-20-40-64(4)89)44-31-35-55-84-77(98)67(58-71(92)46-22-11-7-18-38-62(2)87)42-29-33-53-82-76(97)51-27-16-32-52-81-65(5)90/h66-69H,6-60H2,1-5H3,(H2,80,96)(H,81,90)(H,82,97)(H,83,99)(H,84,98)(H,85,100). The third-order valence-corrected chi connectivity index (χ3v) is 18.6. The Morgan fingerprint density at radius 2 is 0.480 bits per heavy atom. The van der Waals surface area contributed by atoms with Crippen molar-refractivity contribution in [1.29, 1.82) is 0 Å². The quantitative estimate of drug-likeness (QED) is 0.0308. The zero-order valence-corrected chi connectivity index (χ0v) is 62.9. The fourth-order valence-electron chi connectivity index (χ4n) is 12.5. The number of Topliss-reactive ketones (excluding diaryl/α,β-unsaturated/α-hetero) is 9. The lowest BCUT2D eigenvalue weighted by atomic mass is 9.88. The molecule has 0 saturated heterocycles. The van der Waals surface area contributed by atoms with E-state index in [0.29, 0.717) is 219 Å². The van der Waals surface area contributed by atoms with Gasteiger partial charge >= 0.3 is 0 Å². The zero-order chi connectivity index (χ0) is 74.4. The monoisotopic (exact) mass is 1410 g/mol. The lowest BCUT2D eigenvalue weighted by Crippen LogP contribution is -2.34. The summed E-state index contributed by atoms with van der Waals surface area (Å²) in [6.45, 7) is 9.67. The first-order valence-corrected chi connectivity index (χ1v) is 39.1. The molecule has 572 valence electrons. The molecule has 0 aliphatic rings. The van der Waals surface area contributed by atoms with Crippen molar-refractivity contribution in [3.63, 3.8) is 0 Å². The lowest BCUT2D eigenvalue weighted by Gasteiger charge is -2.19. The number of nitrogens with two attached hydrogens (primary N) is 1. The van der Waals surface area contributed by atoms with Gasteiger partial charge in [-0.1, -0.05) is 96.3 Å². The first kappa shape index (κ1) is 93.8. The highest BCUT2D eigenvalue weighted by molar-refractivity contribution is 5.89. The van der Waals surface area contributed by atoms with Crippen LogP contribution in [0.2, 0.25) is 0 Å². The zero-order valence-electron chi connectivity index (χ0n) is 62.9. The predicted molar refractivity (Wildman–Crippen MR) is 392 cm³/mol. The average Bonchev–Trinajstić information content (AvgIpc) is 1.02. The number of unbranched alkanes of at least 4 members (excludes halogenated alkanes) is 21. The van der Waals surface area contributed by atoms with Crippen molar-refractivity contribution in [2.45, 2.75) is 356 Å². The number of rotatable bonds is 73. The van der Waals surface area contributed by atoms with Gasteiger partial charge in [-0.3, -0.25) is 52.7 Å². The van der Waals surface area contributed by atoms with E-state index in [1.54, 1.807) is 27.7 Å². The molecular formula is C79H136N6O15. The second-order valence-corrected chi connectivity index (χ2v) is 28.6. The van der Waals surface area contributed by atoms with E-state index >= 15 is 0 Å². The molecule has 0 bridgehead atoms. The van der Waals surface area contributed by atoms with Gasteiger partial charge in [-0.2, -0.15) is 0 Å². The summed E-state index contributed by atoms with van der Waals surface area (Å²) >= 11 is 0. The Hall–Kier alpha value is -6.15. The van der Waals surface area contributed by atoms with Crippen molar-refractivity contribution in [2.24, 2.45) is 29.4 Å². The van der Waals surface area contributed by atoms with Crippen LogP contribution in [0.15, 0.2) is 0 Å². The molecule has 7 N–H and O–H groups in total. The van der Waals surface area contributed by atoms with E-state index < -0.39 is 23.7 Å². The minimum absolute atomic E-state index is 0.00165. The topological polar surface area (TPSA) is 342 Å². The van der Waals surface area contributed by atoms with Gasteiger partial charge in [0.1, 0.15) is 52.0 Å². The Labute approximate surface area is 601 Å². The Morgan fingerprint density at radius 3 is 0.790 bits per heavy atom. The van der Waals surface area contributed by atoms with Gasteiger partial charge in [0.25, 0.3) is 0 Å². The maximum absolute atomic E-state index is 14.0. The summed E-state index contributed by atoms with van der Waals surface area (Å²) in [5.74, 6) is -2.89. The van der Waals surface area contributed by atoms with Gasteiger partial charge < -0.3 is 51.5 Å². The molecule has 0 aromatic carbocycles. The molecular weight excluding hydrogens is 1270 g/mol. The summed E-state index contributed by atoms with van der Waals surface area (Å²) in [6, 6.07) is 0. The average molecular weight is 1410 g/mol. The second kappa shape index (κ2) is 63.7. The first-order valence-electron chi connectivity index (χ1n) is 39.1. The molecule has 0 fully saturated rings. The van der Waals surface area contributed by atoms with Crippen LogP contribution in [0.5, 0.6) is 0 Å². The SMILES string of the molecule is CC(=O)CCCCCCC(=O)CC(CCCCNC(=O)C(CCCCNC(=O)C(CCCCNC(=O)C(CCCCNC(=O)CCCCCNC(C)=O)CC(=O)CCCCCCC(C)=O)CC(=O)CCCCCCC(C)=O)CC(=O)CCCCCCC(C)=O)C(=O)CCCCCCC(N)=O. The molecule has 4 atom stereocenters. The summed E-state index contributed by atoms with van der Waals surface area (Å²) in [5, 5.41) is 14.8. The van der Waals surface area contributed by atoms with Crippen molar-refractivity contribution >= 4 is 87.5 Å². The highest BCUT2D eigenvalue weighted by atomic mass is 16.2. The van der Waals surface area contributed by atoms with E-state index in [4.69, 9.17) is 5.73 Å². The van der Waals surface area contributed by atoms with Gasteiger partial charge in [0, 0.05) is 160 Å². The van der Waals surface area contributed by atoms with E-state index in [2.05, 4.69) is 26.6 Å². The number of primary amides is 1. The third kappa shape index (κ3) is 60.6. The van der Waals surface area contributed by atoms with E-state index in [-0.39, 0.29) is 120 Å². The summed E-state index contributed by atoms with van der Waals surface area (Å²) in [6.07, 6.45) is 28.6. The molecule has 0 heterocycles. The fourth-order valence-corrected chi connectivity index (χ4v) is 12.5. The molecule has 0 aliphatic heterocycles. The highest BCUT2D eigenvalue weighted by Gasteiger charge is 2.26. The predicted octanol–water partition coefficient (Wildman–Crippen LogP) is 13.2. The van der Waals surface area contributed by atoms with Crippen LogP contribution in [0.4, 0.5) is 0 Å². The number of amides is 6. The van der Waals surface area contributed by atoms with Crippen molar-refractivity contribution in [1.82, 2.24) is 26.6 Å². The van der Waals surface area contributed by atoms with Crippen LogP contribution in [-0.4, -0.2) is 120 Å². The van der Waals surface area contributed by atoms with Crippen LogP contribution in [0.25, 0.3) is 0 Å². The molecule has 0 aromatic heterocycles. The smallest absolute Gasteiger partial charge is 0.223 e. The molecule has 0 rings (SSSR count). The molecule has 100 heavy (non-hydrogen) atoms. The molecule has 21 nitrogen and oxygen atoms in total. The van der Waals surface area contributed by atoms with Crippen LogP contribution in [0.1, 0.15) is 356 Å². The fraction of sp³-hybridized carbons (Fsp3) is 0.810. The normalized spacial score (nSPS) is 12.3. The van der Waals surface area contributed by atoms with Gasteiger partial charge in [0.2, 0.25) is 35.4 Å². The van der Waals surface area contributed by atoms with Crippen molar-refractivity contribution < 1.29 is 71.9 Å². The minimum atomic E-state index is -0.623. The van der Waals surface area contributed by atoms with Crippen LogP contribution < -0.4 is 32.3 Å². The van der Waals surface area contributed by atoms with Gasteiger partial charge in [-0.25, -0.2) is 0 Å². The van der Waals surface area contributed by atoms with Gasteiger partial charge in [-0.15, -0.1) is 0 Å². The summed E-state index contributed by atoms with van der Waals surface area (Å²) in [4.78, 5) is 189. The Morgan fingerprint density at radius 1 is 0.240 bits per heavy atom. The Balaban J connectivity index is 5.95. The lowest BCUT2D eigenvalue weighted by molar-refractivity contribution is -0.130. The van der Waals surface area contributed by atoms with E-state index in [1.165, 1.54) is 6.92 Å². The molecule has 6 amide bonds.